The van der Waals surface area contributed by atoms with Gasteiger partial charge in [0.2, 0.25) is 0 Å². The maximum atomic E-state index is 5.86. The number of fused-ring (bicyclic) bond motifs is 2. The molecule has 0 aliphatic heterocycles. The van der Waals surface area contributed by atoms with E-state index >= 15 is 0 Å². The van der Waals surface area contributed by atoms with Gasteiger partial charge >= 0.3 is 0 Å². The summed E-state index contributed by atoms with van der Waals surface area (Å²) >= 11 is 1.70. The third-order valence-corrected chi connectivity index (χ3v) is 6.69. The zero-order valence-electron chi connectivity index (χ0n) is 19.3. The third-order valence-electron chi connectivity index (χ3n) is 5.79. The minimum Gasteiger partial charge on any atom is -0.491 e. The number of nitrogens with zero attached hydrogens (tertiary/aromatic N) is 5. The van der Waals surface area contributed by atoms with Crippen LogP contribution in [0, 0.1) is 0 Å². The van der Waals surface area contributed by atoms with Crippen molar-refractivity contribution in [2.24, 2.45) is 0 Å². The normalized spacial score (nSPS) is 11.6. The quantitative estimate of drug-likeness (QED) is 0.324. The molecule has 0 aliphatic rings. The monoisotopic (exact) mass is 481 g/mol. The number of likely N-dealkylation sites (N-methyl/N-ethyl adjacent to an activating group) is 1. The zero-order chi connectivity index (χ0) is 23.8. The maximum Gasteiger partial charge on any atom is 0.159 e. The highest BCUT2D eigenvalue weighted by molar-refractivity contribution is 7.13. The van der Waals surface area contributed by atoms with E-state index in [-0.39, 0.29) is 0 Å². The van der Waals surface area contributed by atoms with Crippen LogP contribution in [0.15, 0.2) is 66.4 Å². The van der Waals surface area contributed by atoms with Gasteiger partial charge in [-0.05, 0) is 43.7 Å². The average molecular weight is 482 g/mol. The molecule has 6 rings (SSSR count). The highest BCUT2D eigenvalue weighted by atomic mass is 32.1. The van der Waals surface area contributed by atoms with Gasteiger partial charge in [-0.1, -0.05) is 18.2 Å². The molecule has 0 radical (unpaired) electrons. The summed E-state index contributed by atoms with van der Waals surface area (Å²) < 4.78 is 5.86. The summed E-state index contributed by atoms with van der Waals surface area (Å²) in [7, 11) is 4.04. The fourth-order valence-electron chi connectivity index (χ4n) is 4.01. The van der Waals surface area contributed by atoms with Gasteiger partial charge in [0.1, 0.15) is 18.1 Å². The minimum atomic E-state index is 0.593. The number of aromatic nitrogens is 6. The van der Waals surface area contributed by atoms with Crippen molar-refractivity contribution in [3.8, 4) is 39.0 Å². The van der Waals surface area contributed by atoms with Crippen molar-refractivity contribution in [1.29, 1.82) is 0 Å². The second-order valence-corrected chi connectivity index (χ2v) is 9.46. The molecule has 0 fully saturated rings. The number of ether oxygens (including phenoxy) is 1. The van der Waals surface area contributed by atoms with E-state index in [2.05, 4.69) is 53.6 Å². The van der Waals surface area contributed by atoms with E-state index < -0.39 is 0 Å². The van der Waals surface area contributed by atoms with Crippen molar-refractivity contribution in [2.75, 3.05) is 27.2 Å². The van der Waals surface area contributed by atoms with Crippen molar-refractivity contribution in [2.45, 2.75) is 0 Å². The molecule has 0 spiro atoms. The van der Waals surface area contributed by atoms with Crippen molar-refractivity contribution in [3.05, 3.63) is 66.4 Å². The summed E-state index contributed by atoms with van der Waals surface area (Å²) in [5.41, 5.74) is 6.29. The van der Waals surface area contributed by atoms with Gasteiger partial charge in [-0.2, -0.15) is 5.10 Å². The number of benzene rings is 1. The van der Waals surface area contributed by atoms with Crippen molar-refractivity contribution < 1.29 is 4.74 Å². The van der Waals surface area contributed by atoms with E-state index in [0.717, 1.165) is 56.7 Å². The Kier molecular flexibility index (Phi) is 5.48. The average Bonchev–Trinajstić information content (AvgIpc) is 3.62. The molecule has 0 unspecified atom stereocenters. The van der Waals surface area contributed by atoms with Crippen LogP contribution in [0.2, 0.25) is 0 Å². The van der Waals surface area contributed by atoms with Crippen LogP contribution in [0.25, 0.3) is 55.2 Å². The lowest BCUT2D eigenvalue weighted by atomic mass is 10.1. The fraction of sp³-hybridized carbons (Fsp3) is 0.154. The SMILES string of the molecule is CN(C)CCOc1cncc(-c2cc3c(-c4nc5c(-c6cccs6)cccc5[nH]4)n[nH]c3cn2)c1. The molecule has 1 aromatic carbocycles. The Morgan fingerprint density at radius 1 is 1.03 bits per heavy atom. The van der Waals surface area contributed by atoms with Gasteiger partial charge in [-0.15, -0.1) is 11.3 Å². The second kappa shape index (κ2) is 8.94. The number of aromatic amines is 2. The van der Waals surface area contributed by atoms with Crippen LogP contribution < -0.4 is 4.74 Å². The number of rotatable bonds is 7. The predicted molar refractivity (Wildman–Crippen MR) is 140 cm³/mol. The Morgan fingerprint density at radius 2 is 1.97 bits per heavy atom. The molecule has 174 valence electrons. The lowest BCUT2D eigenvalue weighted by molar-refractivity contribution is 0.261. The van der Waals surface area contributed by atoms with E-state index in [4.69, 9.17) is 9.72 Å². The van der Waals surface area contributed by atoms with Gasteiger partial charge in [0.15, 0.2) is 5.82 Å². The van der Waals surface area contributed by atoms with Gasteiger partial charge in [0.25, 0.3) is 0 Å². The standard InChI is InChI=1S/C26H23N7OS/c1-33(2)8-9-34-17-11-16(13-27-14-17)21-12-19-22(15-28-21)31-32-25(19)26-29-20-6-3-5-18(24(20)30-26)23-7-4-10-35-23/h3-7,10-15H,8-9H2,1-2H3,(H,29,30)(H,31,32). The van der Waals surface area contributed by atoms with E-state index in [9.17, 15) is 0 Å². The molecule has 0 aliphatic carbocycles. The summed E-state index contributed by atoms with van der Waals surface area (Å²) in [5.74, 6) is 1.43. The molecule has 0 bridgehead atoms. The Bertz CT molecular complexity index is 1620. The van der Waals surface area contributed by atoms with Gasteiger partial charge in [0.05, 0.1) is 34.6 Å². The highest BCUT2D eigenvalue weighted by Crippen LogP contribution is 2.34. The third kappa shape index (κ3) is 4.16. The lowest BCUT2D eigenvalue weighted by Crippen LogP contribution is -2.19. The van der Waals surface area contributed by atoms with Crippen LogP contribution in [-0.2, 0) is 0 Å². The molecule has 8 nitrogen and oxygen atoms in total. The number of H-pyrrole nitrogens is 2. The fourth-order valence-corrected chi connectivity index (χ4v) is 4.77. The summed E-state index contributed by atoms with van der Waals surface area (Å²) in [5, 5.41) is 10.7. The van der Waals surface area contributed by atoms with Gasteiger partial charge < -0.3 is 14.6 Å². The number of nitrogens with one attached hydrogen (secondary N) is 2. The molecule has 0 saturated carbocycles. The minimum absolute atomic E-state index is 0.593. The summed E-state index contributed by atoms with van der Waals surface area (Å²) in [6, 6.07) is 14.3. The molecule has 5 aromatic heterocycles. The smallest absolute Gasteiger partial charge is 0.159 e. The highest BCUT2D eigenvalue weighted by Gasteiger charge is 2.16. The molecule has 2 N–H and O–H groups in total. The number of hydrogen-bond donors (Lipinski definition) is 2. The first-order chi connectivity index (χ1) is 17.2. The van der Waals surface area contributed by atoms with Crippen LogP contribution in [-0.4, -0.2) is 62.3 Å². The largest absolute Gasteiger partial charge is 0.491 e. The molecule has 6 aromatic rings. The van der Waals surface area contributed by atoms with E-state index in [1.807, 2.05) is 38.4 Å². The topological polar surface area (TPSA) is 95.6 Å². The molecule has 0 atom stereocenters. The Morgan fingerprint density at radius 3 is 2.83 bits per heavy atom. The summed E-state index contributed by atoms with van der Waals surface area (Å²) in [6.07, 6.45) is 5.31. The second-order valence-electron chi connectivity index (χ2n) is 8.51. The summed E-state index contributed by atoms with van der Waals surface area (Å²) in [6.45, 7) is 1.43. The van der Waals surface area contributed by atoms with Gasteiger partial charge in [0, 0.05) is 34.1 Å². The Labute approximate surface area is 205 Å². The number of imidazole rings is 1. The van der Waals surface area contributed by atoms with Crippen LogP contribution in [0.1, 0.15) is 0 Å². The molecule has 0 amide bonds. The first kappa shape index (κ1) is 21.5. The number of pyridine rings is 2. The van der Waals surface area contributed by atoms with Crippen molar-refractivity contribution in [3.63, 3.8) is 0 Å². The molecule has 35 heavy (non-hydrogen) atoms. The van der Waals surface area contributed by atoms with Crippen LogP contribution >= 0.6 is 11.3 Å². The van der Waals surface area contributed by atoms with E-state index in [0.29, 0.717) is 12.4 Å². The first-order valence-electron chi connectivity index (χ1n) is 11.3. The Balaban J connectivity index is 1.38. The number of hydrogen-bond acceptors (Lipinski definition) is 7. The van der Waals surface area contributed by atoms with Gasteiger partial charge in [-0.3, -0.25) is 15.1 Å². The molecular formula is C26H23N7OS. The molecular weight excluding hydrogens is 458 g/mol. The Hall–Kier alpha value is -4.08. The predicted octanol–water partition coefficient (Wildman–Crippen LogP) is 5.23. The van der Waals surface area contributed by atoms with Gasteiger partial charge in [-0.25, -0.2) is 4.98 Å². The maximum absolute atomic E-state index is 5.86. The first-order valence-corrected chi connectivity index (χ1v) is 12.1. The molecule has 9 heteroatoms. The summed E-state index contributed by atoms with van der Waals surface area (Å²) in [4.78, 5) is 20.6. The number of thiophene rings is 1. The number of para-hydroxylation sites is 1. The molecule has 0 saturated heterocycles. The van der Waals surface area contributed by atoms with E-state index in [1.165, 1.54) is 4.88 Å². The lowest BCUT2D eigenvalue weighted by Gasteiger charge is -2.11. The zero-order valence-corrected chi connectivity index (χ0v) is 20.1. The van der Waals surface area contributed by atoms with E-state index in [1.54, 1.807) is 29.9 Å². The van der Waals surface area contributed by atoms with Crippen LogP contribution in [0.5, 0.6) is 5.75 Å². The van der Waals surface area contributed by atoms with Crippen molar-refractivity contribution in [1.82, 2.24) is 35.0 Å². The van der Waals surface area contributed by atoms with Crippen LogP contribution in [0.4, 0.5) is 0 Å². The molecule has 5 heterocycles. The van der Waals surface area contributed by atoms with Crippen LogP contribution in [0.3, 0.4) is 0 Å². The van der Waals surface area contributed by atoms with Crippen molar-refractivity contribution >= 4 is 33.3 Å².